The molecule has 66 heavy (non-hydrogen) atoms. The van der Waals surface area contributed by atoms with Gasteiger partial charge in [-0.2, -0.15) is 13.4 Å². The van der Waals surface area contributed by atoms with Crippen molar-refractivity contribution in [1.82, 2.24) is 14.5 Å². The minimum Gasteiger partial charge on any atom is -0.497 e. The number of aromatic amines is 1. The summed E-state index contributed by atoms with van der Waals surface area (Å²) in [5.41, 5.74) is 0.939. The van der Waals surface area contributed by atoms with Gasteiger partial charge >= 0.3 is 4.87 Å². The van der Waals surface area contributed by atoms with Crippen LogP contribution in [0, 0.1) is 11.8 Å². The van der Waals surface area contributed by atoms with E-state index in [2.05, 4.69) is 55.3 Å². The topological polar surface area (TPSA) is 162 Å². The number of nitrogens with zero attached hydrogens (tertiary/aromatic N) is 2. The van der Waals surface area contributed by atoms with Crippen LogP contribution in [-0.2, 0) is 24.8 Å². The van der Waals surface area contributed by atoms with E-state index in [0.29, 0.717) is 18.6 Å². The number of fused-ring (bicyclic) bond motifs is 1. The molecule has 5 aromatic carbocycles. The number of H-pyrrole nitrogens is 1. The van der Waals surface area contributed by atoms with Gasteiger partial charge in [0.2, 0.25) is 5.95 Å². The van der Waals surface area contributed by atoms with Crippen LogP contribution in [-0.4, -0.2) is 60.9 Å². The lowest BCUT2D eigenvalue weighted by molar-refractivity contribution is -0.0630. The number of anilines is 1. The Morgan fingerprint density at radius 1 is 0.848 bits per heavy atom. The first-order valence-electron chi connectivity index (χ1n) is 22.2. The first-order chi connectivity index (χ1) is 31.6. The molecule has 0 amide bonds. The molecule has 0 radical (unpaired) electrons. The summed E-state index contributed by atoms with van der Waals surface area (Å²) in [5.74, 6) is -1.11. The summed E-state index contributed by atoms with van der Waals surface area (Å²) in [6.45, 7) is 10.4. The Morgan fingerprint density at radius 2 is 1.36 bits per heavy atom. The third-order valence-electron chi connectivity index (χ3n) is 12.9. The number of aromatic nitrogens is 3. The molecule has 344 valence electrons. The maximum atomic E-state index is 14.4. The van der Waals surface area contributed by atoms with Gasteiger partial charge in [-0.1, -0.05) is 179 Å². The Balaban J connectivity index is 1.26. The van der Waals surface area contributed by atoms with Crippen LogP contribution >= 0.6 is 11.3 Å². The van der Waals surface area contributed by atoms with E-state index in [9.17, 15) is 22.6 Å². The fourth-order valence-electron chi connectivity index (χ4n) is 9.85. The van der Waals surface area contributed by atoms with E-state index < -0.39 is 70.4 Å². The highest BCUT2D eigenvalue weighted by molar-refractivity contribution is 7.85. The molecule has 3 N–H and O–H groups in total. The normalized spacial score (nSPS) is 18.0. The molecule has 2 aromatic heterocycles. The molecule has 3 heterocycles. The number of nitrogens with one attached hydrogen (secondary N) is 2. The first-order valence-corrected chi connectivity index (χ1v) is 26.5. The monoisotopic (exact) mass is 944 g/mol. The Labute approximate surface area is 390 Å². The van der Waals surface area contributed by atoms with Crippen LogP contribution in [0.2, 0.25) is 5.04 Å². The molecule has 1 saturated heterocycles. The Hall–Kier alpha value is -5.68. The predicted octanol–water partition coefficient (Wildman–Crippen LogP) is 8.34. The largest absolute Gasteiger partial charge is 0.497 e. The summed E-state index contributed by atoms with van der Waals surface area (Å²) in [5, 5.41) is 5.45. The van der Waals surface area contributed by atoms with E-state index in [1.807, 2.05) is 128 Å². The highest BCUT2D eigenvalue weighted by Crippen LogP contribution is 2.46. The van der Waals surface area contributed by atoms with E-state index in [0.717, 1.165) is 38.4 Å². The average Bonchev–Trinajstić information content (AvgIpc) is 3.90. The van der Waals surface area contributed by atoms with E-state index in [4.69, 9.17) is 18.9 Å². The third kappa shape index (κ3) is 8.95. The fraction of sp³-hybridized carbons (Fsp3) is 0.314. The number of ether oxygens (including phenoxy) is 2. The Kier molecular flexibility index (Phi) is 13.4. The van der Waals surface area contributed by atoms with Crippen LogP contribution in [0.5, 0.6) is 5.75 Å². The van der Waals surface area contributed by atoms with Crippen molar-refractivity contribution in [2.45, 2.75) is 76.5 Å². The van der Waals surface area contributed by atoms with E-state index in [-0.39, 0.29) is 21.3 Å². The molecule has 7 aromatic rings. The van der Waals surface area contributed by atoms with Gasteiger partial charge in [-0.15, -0.1) is 0 Å². The average molecular weight is 945 g/mol. The van der Waals surface area contributed by atoms with Gasteiger partial charge in [0.1, 0.15) is 22.2 Å². The van der Waals surface area contributed by atoms with Crippen LogP contribution in [0.1, 0.15) is 70.4 Å². The molecule has 8 rings (SSSR count). The molecule has 0 saturated carbocycles. The summed E-state index contributed by atoms with van der Waals surface area (Å²) in [6, 6.07) is 47.8. The molecule has 12 nitrogen and oxygen atoms in total. The van der Waals surface area contributed by atoms with Crippen LogP contribution in [0.15, 0.2) is 155 Å². The van der Waals surface area contributed by atoms with Gasteiger partial charge in [0.05, 0.1) is 25.1 Å². The molecule has 1 aliphatic heterocycles. The van der Waals surface area contributed by atoms with E-state index in [1.165, 1.54) is 4.57 Å². The zero-order valence-corrected chi connectivity index (χ0v) is 40.5. The smallest absolute Gasteiger partial charge is 0.311 e. The molecule has 1 fully saturated rings. The highest BCUT2D eigenvalue weighted by atomic mass is 32.2. The van der Waals surface area contributed by atoms with Gasteiger partial charge in [0.25, 0.3) is 24.0 Å². The molecule has 0 bridgehead atoms. The van der Waals surface area contributed by atoms with Crippen molar-refractivity contribution in [2.24, 2.45) is 11.8 Å². The van der Waals surface area contributed by atoms with Crippen molar-refractivity contribution in [3.05, 3.63) is 182 Å². The predicted molar refractivity (Wildman–Crippen MR) is 264 cm³/mol. The summed E-state index contributed by atoms with van der Waals surface area (Å²) in [6.07, 6.45) is -1.34. The van der Waals surface area contributed by atoms with Crippen molar-refractivity contribution in [2.75, 3.05) is 18.2 Å². The van der Waals surface area contributed by atoms with Crippen LogP contribution in [0.4, 0.5) is 5.95 Å². The molecular weight excluding hydrogens is 889 g/mol. The molecule has 15 heteroatoms. The van der Waals surface area contributed by atoms with Crippen molar-refractivity contribution in [3.8, 4) is 5.75 Å². The summed E-state index contributed by atoms with van der Waals surface area (Å²) < 4.78 is 56.9. The maximum absolute atomic E-state index is 14.4. The van der Waals surface area contributed by atoms with E-state index in [1.54, 1.807) is 14.0 Å². The van der Waals surface area contributed by atoms with Crippen LogP contribution in [0.25, 0.3) is 10.3 Å². The second-order valence-corrected chi connectivity index (χ2v) is 24.8. The minimum atomic E-state index is -4.44. The molecule has 0 spiro atoms. The number of hydrogen-bond acceptors (Lipinski definition) is 10. The number of methoxy groups -OCH3 is 1. The molecule has 0 aliphatic carbocycles. The number of benzene rings is 5. The van der Waals surface area contributed by atoms with Gasteiger partial charge in [0.15, 0.2) is 5.65 Å². The second-order valence-electron chi connectivity index (χ2n) is 18.1. The van der Waals surface area contributed by atoms with Gasteiger partial charge in [-0.25, -0.2) is 0 Å². The fourth-order valence-corrected chi connectivity index (χ4v) is 16.4. The molecule has 5 atom stereocenters. The number of rotatable bonds is 16. The van der Waals surface area contributed by atoms with Crippen molar-refractivity contribution in [1.29, 1.82) is 0 Å². The van der Waals surface area contributed by atoms with Crippen LogP contribution in [0.3, 0.4) is 0 Å². The lowest BCUT2D eigenvalue weighted by Crippen LogP contribution is -2.68. The lowest BCUT2D eigenvalue weighted by atomic mass is 9.77. The van der Waals surface area contributed by atoms with E-state index >= 15 is 0 Å². The van der Waals surface area contributed by atoms with Gasteiger partial charge in [-0.3, -0.25) is 23.7 Å². The van der Waals surface area contributed by atoms with Crippen molar-refractivity contribution < 1.29 is 26.9 Å². The highest BCUT2D eigenvalue weighted by Gasteiger charge is 2.54. The molecular formula is C51H56N4O8S2Si. The molecule has 2 unspecified atom stereocenters. The van der Waals surface area contributed by atoms with Gasteiger partial charge in [-0.05, 0) is 63.0 Å². The van der Waals surface area contributed by atoms with Gasteiger partial charge in [0, 0.05) is 5.92 Å². The van der Waals surface area contributed by atoms with Crippen LogP contribution < -0.4 is 30.9 Å². The SMILES string of the molecule is CCC(O[Si](c1ccccc1)(c1ccccc1)C(C)(C)C)[C@@H]1C[C@@H](C(C)CS(=O)(=O)O)[C@H](n2c(=O)sc3c(=O)[nH]c(NC(c4ccccc4)(c4ccccc4)c4ccc(OC)cc4)nc32)O1. The first kappa shape index (κ1) is 46.8. The van der Waals surface area contributed by atoms with Gasteiger partial charge < -0.3 is 19.2 Å². The third-order valence-corrected chi connectivity index (χ3v) is 19.9. The zero-order valence-electron chi connectivity index (χ0n) is 37.9. The summed E-state index contributed by atoms with van der Waals surface area (Å²) in [7, 11) is -5.95. The summed E-state index contributed by atoms with van der Waals surface area (Å²) in [4.78, 5) is 36.1. The second kappa shape index (κ2) is 18.9. The molecule has 1 aliphatic rings. The van der Waals surface area contributed by atoms with Crippen molar-refractivity contribution >= 4 is 56.4 Å². The number of thiazole rings is 1. The standard InChI is InChI=1S/C51H56N4O8S2Si/c1-7-42(63-66(50(3,4)5,39-24-16-10-17-25-39)40-26-18-11-19-27-40)43-32-41(34(2)33-65(58,59)60)47(62-43)55-45-44(64-49(55)57)46(56)53-48(52-45)54-51(35-20-12-8-13-21-35,36-22-14-9-15-23-36)37-28-30-38(61-6)31-29-37/h8-31,34,41-43,47H,7,32-33H2,1-6H3,(H,58,59,60)(H2,52,53,54,56)/t34?,41-,42?,43-,47+/m0/s1. The maximum Gasteiger partial charge on any atom is 0.311 e. The Bertz CT molecular complexity index is 2900. The number of hydrogen-bond donors (Lipinski definition) is 3. The Morgan fingerprint density at radius 3 is 1.85 bits per heavy atom. The quantitative estimate of drug-likeness (QED) is 0.0488. The summed E-state index contributed by atoms with van der Waals surface area (Å²) >= 11 is 0.750. The lowest BCUT2D eigenvalue weighted by Gasteiger charge is -2.46. The minimum absolute atomic E-state index is 0.0802. The zero-order chi connectivity index (χ0) is 46.9. The van der Waals surface area contributed by atoms with Crippen molar-refractivity contribution in [3.63, 3.8) is 0 Å².